The SMILES string of the molecule is CCN(CC)C(=O)Oc1cc(F)c(Cl)c(Cl)c1. The van der Waals surface area contributed by atoms with Crippen molar-refractivity contribution in [1.29, 1.82) is 0 Å². The lowest BCUT2D eigenvalue weighted by Crippen LogP contribution is -2.33. The van der Waals surface area contributed by atoms with E-state index in [4.69, 9.17) is 27.9 Å². The molecule has 1 rings (SSSR count). The molecule has 1 aromatic rings. The molecule has 0 radical (unpaired) electrons. The first-order valence-electron chi connectivity index (χ1n) is 5.10. The Kier molecular flexibility index (Phi) is 5.02. The predicted octanol–water partition coefficient (Wildman–Crippen LogP) is 3.97. The van der Waals surface area contributed by atoms with Gasteiger partial charge >= 0.3 is 6.09 Å². The molecular formula is C11H12Cl2FNO2. The Morgan fingerprint density at radius 2 is 1.94 bits per heavy atom. The molecule has 94 valence electrons. The van der Waals surface area contributed by atoms with Crippen molar-refractivity contribution < 1.29 is 13.9 Å². The molecule has 0 unspecified atom stereocenters. The van der Waals surface area contributed by atoms with Gasteiger partial charge in [0.2, 0.25) is 0 Å². The van der Waals surface area contributed by atoms with Crippen LogP contribution in [0.2, 0.25) is 10.0 Å². The van der Waals surface area contributed by atoms with Crippen LogP contribution in [0.1, 0.15) is 13.8 Å². The number of benzene rings is 1. The molecule has 0 aliphatic rings. The van der Waals surface area contributed by atoms with Gasteiger partial charge in [0, 0.05) is 25.2 Å². The van der Waals surface area contributed by atoms with E-state index in [0.717, 1.165) is 6.07 Å². The van der Waals surface area contributed by atoms with Gasteiger partial charge in [0.25, 0.3) is 0 Å². The Labute approximate surface area is 109 Å². The quantitative estimate of drug-likeness (QED) is 0.784. The molecule has 1 aromatic carbocycles. The summed E-state index contributed by atoms with van der Waals surface area (Å²) in [7, 11) is 0. The standard InChI is InChI=1S/C11H12Cl2FNO2/c1-3-15(4-2)11(16)17-7-5-8(12)10(13)9(14)6-7/h5-6H,3-4H2,1-2H3. The van der Waals surface area contributed by atoms with Crippen LogP contribution >= 0.6 is 23.2 Å². The van der Waals surface area contributed by atoms with Crippen LogP contribution in [0.15, 0.2) is 12.1 Å². The fourth-order valence-electron chi connectivity index (χ4n) is 1.24. The maximum atomic E-state index is 13.2. The molecule has 0 heterocycles. The largest absolute Gasteiger partial charge is 0.415 e. The number of hydrogen-bond donors (Lipinski definition) is 0. The van der Waals surface area contributed by atoms with Crippen LogP contribution in [0, 0.1) is 5.82 Å². The minimum absolute atomic E-state index is 0.00835. The van der Waals surface area contributed by atoms with Crippen LogP contribution in [-0.2, 0) is 0 Å². The van der Waals surface area contributed by atoms with E-state index in [1.54, 1.807) is 0 Å². The van der Waals surface area contributed by atoms with Crippen molar-refractivity contribution in [2.45, 2.75) is 13.8 Å². The smallest absolute Gasteiger partial charge is 0.410 e. The molecule has 0 aliphatic carbocycles. The maximum absolute atomic E-state index is 13.2. The van der Waals surface area contributed by atoms with Gasteiger partial charge < -0.3 is 9.64 Å². The first-order valence-corrected chi connectivity index (χ1v) is 5.86. The Bertz CT molecular complexity index is 399. The second kappa shape index (κ2) is 6.07. The zero-order valence-electron chi connectivity index (χ0n) is 9.47. The summed E-state index contributed by atoms with van der Waals surface area (Å²) in [4.78, 5) is 13.0. The molecule has 1 amide bonds. The van der Waals surface area contributed by atoms with Gasteiger partial charge in [-0.3, -0.25) is 0 Å². The number of carbonyl (C=O) groups is 1. The summed E-state index contributed by atoms with van der Waals surface area (Å²) in [6.07, 6.45) is -0.548. The van der Waals surface area contributed by atoms with Crippen molar-refractivity contribution in [3.8, 4) is 5.75 Å². The van der Waals surface area contributed by atoms with Crippen molar-refractivity contribution in [3.05, 3.63) is 28.0 Å². The lowest BCUT2D eigenvalue weighted by atomic mass is 10.3. The Balaban J connectivity index is 2.85. The highest BCUT2D eigenvalue weighted by Crippen LogP contribution is 2.29. The highest BCUT2D eigenvalue weighted by molar-refractivity contribution is 6.42. The molecule has 0 aliphatic heterocycles. The molecule has 17 heavy (non-hydrogen) atoms. The van der Waals surface area contributed by atoms with Crippen LogP contribution in [-0.4, -0.2) is 24.1 Å². The minimum atomic E-state index is -0.721. The number of nitrogens with zero attached hydrogens (tertiary/aromatic N) is 1. The maximum Gasteiger partial charge on any atom is 0.415 e. The number of carbonyl (C=O) groups excluding carboxylic acids is 1. The van der Waals surface area contributed by atoms with Crippen LogP contribution in [0.5, 0.6) is 5.75 Å². The normalized spacial score (nSPS) is 10.2. The van der Waals surface area contributed by atoms with Gasteiger partial charge in [-0.25, -0.2) is 9.18 Å². The second-order valence-corrected chi connectivity index (χ2v) is 4.03. The Hall–Kier alpha value is -1.00. The Morgan fingerprint density at radius 1 is 1.35 bits per heavy atom. The number of hydrogen-bond acceptors (Lipinski definition) is 2. The summed E-state index contributed by atoms with van der Waals surface area (Å²) in [5, 5.41) is -0.177. The van der Waals surface area contributed by atoms with Crippen molar-refractivity contribution >= 4 is 29.3 Å². The average molecular weight is 280 g/mol. The fourth-order valence-corrected chi connectivity index (χ4v) is 1.55. The highest BCUT2D eigenvalue weighted by atomic mass is 35.5. The lowest BCUT2D eigenvalue weighted by molar-refractivity contribution is 0.157. The fraction of sp³-hybridized carbons (Fsp3) is 0.364. The van der Waals surface area contributed by atoms with E-state index >= 15 is 0 Å². The van der Waals surface area contributed by atoms with Crippen LogP contribution in [0.3, 0.4) is 0 Å². The van der Waals surface area contributed by atoms with Gasteiger partial charge in [-0.2, -0.15) is 0 Å². The van der Waals surface area contributed by atoms with E-state index in [1.807, 2.05) is 13.8 Å². The second-order valence-electron chi connectivity index (χ2n) is 3.24. The topological polar surface area (TPSA) is 29.5 Å². The van der Waals surface area contributed by atoms with Gasteiger partial charge in [0.1, 0.15) is 11.6 Å². The van der Waals surface area contributed by atoms with Crippen molar-refractivity contribution in [3.63, 3.8) is 0 Å². The summed E-state index contributed by atoms with van der Waals surface area (Å²) < 4.78 is 18.2. The van der Waals surface area contributed by atoms with E-state index in [-0.39, 0.29) is 15.8 Å². The monoisotopic (exact) mass is 279 g/mol. The van der Waals surface area contributed by atoms with Gasteiger partial charge in [-0.15, -0.1) is 0 Å². The number of ether oxygens (including phenoxy) is 1. The molecule has 3 nitrogen and oxygen atoms in total. The third kappa shape index (κ3) is 3.48. The average Bonchev–Trinajstić information content (AvgIpc) is 2.27. The summed E-state index contributed by atoms with van der Waals surface area (Å²) in [6.45, 7) is 4.67. The first-order chi connectivity index (χ1) is 7.99. The third-order valence-electron chi connectivity index (χ3n) is 2.18. The zero-order chi connectivity index (χ0) is 13.0. The van der Waals surface area contributed by atoms with Gasteiger partial charge in [-0.1, -0.05) is 23.2 Å². The lowest BCUT2D eigenvalue weighted by Gasteiger charge is -2.18. The van der Waals surface area contributed by atoms with Crippen molar-refractivity contribution in [2.75, 3.05) is 13.1 Å². The molecule has 6 heteroatoms. The number of rotatable bonds is 3. The molecule has 0 bridgehead atoms. The molecule has 0 saturated carbocycles. The summed E-state index contributed by atoms with van der Waals surface area (Å²) in [5.74, 6) is -0.685. The van der Waals surface area contributed by atoms with E-state index < -0.39 is 11.9 Å². The van der Waals surface area contributed by atoms with Crippen LogP contribution in [0.25, 0.3) is 0 Å². The Morgan fingerprint density at radius 3 is 2.41 bits per heavy atom. The summed E-state index contributed by atoms with van der Waals surface area (Å²) >= 11 is 11.2. The minimum Gasteiger partial charge on any atom is -0.410 e. The molecule has 0 N–H and O–H groups in total. The summed E-state index contributed by atoms with van der Waals surface area (Å²) in [5.41, 5.74) is 0. The first kappa shape index (κ1) is 14.1. The van der Waals surface area contributed by atoms with Gasteiger partial charge in [0.05, 0.1) is 10.0 Å². The molecule has 0 fully saturated rings. The number of amides is 1. The van der Waals surface area contributed by atoms with E-state index in [9.17, 15) is 9.18 Å². The van der Waals surface area contributed by atoms with Crippen molar-refractivity contribution in [1.82, 2.24) is 4.90 Å². The number of halogens is 3. The zero-order valence-corrected chi connectivity index (χ0v) is 11.0. The third-order valence-corrected chi connectivity index (χ3v) is 2.96. The van der Waals surface area contributed by atoms with Crippen molar-refractivity contribution in [2.24, 2.45) is 0 Å². The predicted molar refractivity (Wildman–Crippen MR) is 65.4 cm³/mol. The molecular weight excluding hydrogens is 268 g/mol. The van der Waals surface area contributed by atoms with Crippen LogP contribution in [0.4, 0.5) is 9.18 Å². The van der Waals surface area contributed by atoms with Crippen LogP contribution < -0.4 is 4.74 Å². The molecule has 0 saturated heterocycles. The highest BCUT2D eigenvalue weighted by Gasteiger charge is 2.14. The molecule has 0 aromatic heterocycles. The van der Waals surface area contributed by atoms with Gasteiger partial charge in [-0.05, 0) is 13.8 Å². The van der Waals surface area contributed by atoms with Gasteiger partial charge in [0.15, 0.2) is 0 Å². The summed E-state index contributed by atoms with van der Waals surface area (Å²) in [6, 6.07) is 2.32. The molecule has 0 atom stereocenters. The van der Waals surface area contributed by atoms with E-state index in [1.165, 1.54) is 11.0 Å². The molecule has 0 spiro atoms. The van der Waals surface area contributed by atoms with E-state index in [2.05, 4.69) is 0 Å². The van der Waals surface area contributed by atoms with E-state index in [0.29, 0.717) is 13.1 Å².